The SMILES string of the molecule is COc1c[c]ccc1Nc1cc2c(-c3ccn(C)n3)cccc2cn1. The van der Waals surface area contributed by atoms with Gasteiger partial charge in [0.05, 0.1) is 18.5 Å². The van der Waals surface area contributed by atoms with Gasteiger partial charge in [-0.1, -0.05) is 24.3 Å². The van der Waals surface area contributed by atoms with Crippen LogP contribution >= 0.6 is 0 Å². The number of hydrogen-bond acceptors (Lipinski definition) is 4. The molecule has 0 aliphatic carbocycles. The van der Waals surface area contributed by atoms with Gasteiger partial charge in [-0.25, -0.2) is 4.98 Å². The summed E-state index contributed by atoms with van der Waals surface area (Å²) < 4.78 is 7.17. The predicted molar refractivity (Wildman–Crippen MR) is 99.1 cm³/mol. The largest absolute Gasteiger partial charge is 0.495 e. The first kappa shape index (κ1) is 15.2. The summed E-state index contributed by atoms with van der Waals surface area (Å²) in [5.41, 5.74) is 2.87. The van der Waals surface area contributed by atoms with Crippen molar-refractivity contribution in [3.8, 4) is 17.0 Å². The molecular formula is C20H17N4O. The van der Waals surface area contributed by atoms with Crippen molar-refractivity contribution in [1.82, 2.24) is 14.8 Å². The lowest BCUT2D eigenvalue weighted by molar-refractivity contribution is 0.416. The number of benzene rings is 2. The molecule has 4 rings (SSSR count). The lowest BCUT2D eigenvalue weighted by Gasteiger charge is -2.11. The molecule has 0 amide bonds. The second-order valence-electron chi connectivity index (χ2n) is 5.72. The van der Waals surface area contributed by atoms with E-state index in [-0.39, 0.29) is 0 Å². The smallest absolute Gasteiger partial charge is 0.142 e. The summed E-state index contributed by atoms with van der Waals surface area (Å²) in [5.74, 6) is 1.47. The minimum atomic E-state index is 0.724. The zero-order valence-electron chi connectivity index (χ0n) is 14.0. The first-order valence-electron chi connectivity index (χ1n) is 7.94. The lowest BCUT2D eigenvalue weighted by Crippen LogP contribution is -1.97. The Hall–Kier alpha value is -3.34. The van der Waals surface area contributed by atoms with Crippen molar-refractivity contribution in [2.24, 2.45) is 7.05 Å². The predicted octanol–water partition coefficient (Wildman–Crippen LogP) is 4.19. The third-order valence-corrected chi connectivity index (χ3v) is 4.06. The van der Waals surface area contributed by atoms with Crippen LogP contribution in [0.15, 0.2) is 60.9 Å². The summed E-state index contributed by atoms with van der Waals surface area (Å²) in [5, 5.41) is 10.0. The summed E-state index contributed by atoms with van der Waals surface area (Å²) in [4.78, 5) is 4.52. The molecule has 0 aliphatic heterocycles. The zero-order valence-corrected chi connectivity index (χ0v) is 14.0. The Bertz CT molecular complexity index is 1040. The molecule has 0 atom stereocenters. The molecular weight excluding hydrogens is 312 g/mol. The molecule has 2 aromatic heterocycles. The monoisotopic (exact) mass is 329 g/mol. The van der Waals surface area contributed by atoms with E-state index < -0.39 is 0 Å². The van der Waals surface area contributed by atoms with Gasteiger partial charge in [-0.15, -0.1) is 0 Å². The second-order valence-corrected chi connectivity index (χ2v) is 5.72. The summed E-state index contributed by atoms with van der Waals surface area (Å²) in [6, 6.07) is 18.8. The topological polar surface area (TPSA) is 52.0 Å². The first-order valence-corrected chi connectivity index (χ1v) is 7.94. The van der Waals surface area contributed by atoms with Crippen LogP contribution in [0, 0.1) is 6.07 Å². The first-order chi connectivity index (χ1) is 12.2. The van der Waals surface area contributed by atoms with E-state index in [1.54, 1.807) is 17.9 Å². The average molecular weight is 329 g/mol. The van der Waals surface area contributed by atoms with E-state index >= 15 is 0 Å². The normalized spacial score (nSPS) is 10.8. The van der Waals surface area contributed by atoms with Gasteiger partial charge < -0.3 is 10.1 Å². The van der Waals surface area contributed by atoms with E-state index in [2.05, 4.69) is 33.6 Å². The lowest BCUT2D eigenvalue weighted by atomic mass is 10.0. The Morgan fingerprint density at radius 1 is 1.20 bits per heavy atom. The number of hydrogen-bond donors (Lipinski definition) is 1. The van der Waals surface area contributed by atoms with E-state index in [0.29, 0.717) is 0 Å². The van der Waals surface area contributed by atoms with Crippen molar-refractivity contribution >= 4 is 22.3 Å². The molecule has 0 saturated heterocycles. The highest BCUT2D eigenvalue weighted by molar-refractivity contribution is 5.97. The highest BCUT2D eigenvalue weighted by Crippen LogP contribution is 2.31. The van der Waals surface area contributed by atoms with Crippen LogP contribution in [0.3, 0.4) is 0 Å². The number of aromatic nitrogens is 3. The van der Waals surface area contributed by atoms with Crippen molar-refractivity contribution in [3.05, 3.63) is 67.0 Å². The standard InChI is InChI=1S/C20H17N4O/c1-24-11-10-17(23-24)15-7-5-6-14-13-21-20(12-16(14)15)22-18-8-3-4-9-19(18)25-2/h3,5-13H,1-2H3,(H,21,22). The Kier molecular flexibility index (Phi) is 3.82. The van der Waals surface area contributed by atoms with E-state index in [0.717, 1.165) is 39.3 Å². The molecule has 25 heavy (non-hydrogen) atoms. The molecule has 123 valence electrons. The van der Waals surface area contributed by atoms with Crippen molar-refractivity contribution in [1.29, 1.82) is 0 Å². The maximum Gasteiger partial charge on any atom is 0.142 e. The van der Waals surface area contributed by atoms with E-state index in [1.807, 2.05) is 49.8 Å². The van der Waals surface area contributed by atoms with Gasteiger partial charge in [0.15, 0.2) is 0 Å². The quantitative estimate of drug-likeness (QED) is 0.610. The minimum Gasteiger partial charge on any atom is -0.495 e. The van der Waals surface area contributed by atoms with Crippen molar-refractivity contribution in [3.63, 3.8) is 0 Å². The maximum absolute atomic E-state index is 5.37. The molecule has 5 nitrogen and oxygen atoms in total. The minimum absolute atomic E-state index is 0.724. The van der Waals surface area contributed by atoms with Gasteiger partial charge in [-0.2, -0.15) is 5.10 Å². The maximum atomic E-state index is 5.37. The number of nitrogens with zero attached hydrogens (tertiary/aromatic N) is 3. The second kappa shape index (κ2) is 6.28. The number of anilines is 2. The van der Waals surface area contributed by atoms with Crippen LogP contribution in [0.1, 0.15) is 0 Å². The number of rotatable bonds is 4. The Morgan fingerprint density at radius 3 is 2.92 bits per heavy atom. The molecule has 0 unspecified atom stereocenters. The molecule has 5 heteroatoms. The van der Waals surface area contributed by atoms with Gasteiger partial charge >= 0.3 is 0 Å². The zero-order chi connectivity index (χ0) is 17.2. The van der Waals surface area contributed by atoms with Crippen LogP contribution in [-0.2, 0) is 7.05 Å². The van der Waals surface area contributed by atoms with Crippen molar-refractivity contribution < 1.29 is 4.74 Å². The van der Waals surface area contributed by atoms with Gasteiger partial charge in [-0.05, 0) is 35.7 Å². The molecule has 0 aliphatic rings. The van der Waals surface area contributed by atoms with Crippen LogP contribution in [0.25, 0.3) is 22.0 Å². The van der Waals surface area contributed by atoms with Crippen molar-refractivity contribution in [2.45, 2.75) is 0 Å². The highest BCUT2D eigenvalue weighted by Gasteiger charge is 2.09. The molecule has 2 heterocycles. The molecule has 2 aromatic carbocycles. The molecule has 0 spiro atoms. The summed E-state index contributed by atoms with van der Waals surface area (Å²) in [7, 11) is 3.56. The van der Waals surface area contributed by atoms with Crippen LogP contribution in [-0.4, -0.2) is 21.9 Å². The Morgan fingerprint density at radius 2 is 2.12 bits per heavy atom. The third-order valence-electron chi connectivity index (χ3n) is 4.06. The van der Waals surface area contributed by atoms with E-state index in [9.17, 15) is 0 Å². The molecule has 1 N–H and O–H groups in total. The molecule has 0 fully saturated rings. The fourth-order valence-corrected chi connectivity index (χ4v) is 2.85. The Labute approximate surface area is 145 Å². The number of ether oxygens (including phenoxy) is 1. The van der Waals surface area contributed by atoms with Gasteiger partial charge in [0.2, 0.25) is 0 Å². The fourth-order valence-electron chi connectivity index (χ4n) is 2.85. The summed E-state index contributed by atoms with van der Waals surface area (Å²) in [6.45, 7) is 0. The number of aryl methyl sites for hydroxylation is 1. The van der Waals surface area contributed by atoms with E-state index in [4.69, 9.17) is 4.74 Å². The van der Waals surface area contributed by atoms with Crippen LogP contribution < -0.4 is 10.1 Å². The Balaban J connectivity index is 1.79. The van der Waals surface area contributed by atoms with Gasteiger partial charge in [0.1, 0.15) is 11.6 Å². The molecule has 0 bridgehead atoms. The third kappa shape index (κ3) is 2.92. The number of nitrogens with one attached hydrogen (secondary N) is 1. The van der Waals surface area contributed by atoms with E-state index in [1.165, 1.54) is 0 Å². The van der Waals surface area contributed by atoms with Crippen molar-refractivity contribution in [2.75, 3.05) is 12.4 Å². The molecule has 4 aromatic rings. The highest BCUT2D eigenvalue weighted by atomic mass is 16.5. The number of methoxy groups -OCH3 is 1. The van der Waals surface area contributed by atoms with Crippen LogP contribution in [0.5, 0.6) is 5.75 Å². The summed E-state index contributed by atoms with van der Waals surface area (Å²) >= 11 is 0. The number of pyridine rings is 1. The molecule has 0 saturated carbocycles. The van der Waals surface area contributed by atoms with Crippen LogP contribution in [0.2, 0.25) is 0 Å². The van der Waals surface area contributed by atoms with Gasteiger partial charge in [-0.3, -0.25) is 4.68 Å². The fraction of sp³-hybridized carbons (Fsp3) is 0.100. The van der Waals surface area contributed by atoms with Crippen LogP contribution in [0.4, 0.5) is 11.5 Å². The molecule has 1 radical (unpaired) electrons. The number of fused-ring (bicyclic) bond motifs is 1. The van der Waals surface area contributed by atoms with Gasteiger partial charge in [0, 0.05) is 30.4 Å². The summed E-state index contributed by atoms with van der Waals surface area (Å²) in [6.07, 6.45) is 3.81. The van der Waals surface area contributed by atoms with Gasteiger partial charge in [0.25, 0.3) is 0 Å². The average Bonchev–Trinajstić information content (AvgIpc) is 3.08.